The van der Waals surface area contributed by atoms with Crippen LogP contribution in [0.15, 0.2) is 89.5 Å². The number of halogens is 2. The number of fused-ring (bicyclic) bond motifs is 1. The van der Waals surface area contributed by atoms with Crippen molar-refractivity contribution in [1.82, 2.24) is 4.98 Å². The maximum atomic E-state index is 14.2. The highest BCUT2D eigenvalue weighted by atomic mass is 32.1. The predicted octanol–water partition coefficient (Wildman–Crippen LogP) is 6.61. The molecule has 0 spiro atoms. The monoisotopic (exact) mass is 460 g/mol. The zero-order valence-corrected chi connectivity index (χ0v) is 18.2. The molecule has 2 aromatic heterocycles. The van der Waals surface area contributed by atoms with Gasteiger partial charge in [-0.05, 0) is 47.9 Å². The Balaban J connectivity index is 1.46. The van der Waals surface area contributed by atoms with Gasteiger partial charge in [0, 0.05) is 11.6 Å². The number of amides is 1. The van der Waals surface area contributed by atoms with Gasteiger partial charge >= 0.3 is 0 Å². The third-order valence-electron chi connectivity index (χ3n) is 5.22. The molecule has 3 aromatic carbocycles. The molecule has 5 aromatic rings. The number of nitrogens with zero attached hydrogens (tertiary/aromatic N) is 2. The summed E-state index contributed by atoms with van der Waals surface area (Å²) in [5.41, 5.74) is 2.75. The predicted molar refractivity (Wildman–Crippen MR) is 124 cm³/mol. The van der Waals surface area contributed by atoms with E-state index in [1.807, 2.05) is 30.3 Å². The molecule has 33 heavy (non-hydrogen) atoms. The normalized spacial score (nSPS) is 11.1. The molecule has 0 aliphatic carbocycles. The Kier molecular flexibility index (Phi) is 5.71. The molecular formula is C26H18F2N2O2S. The van der Waals surface area contributed by atoms with E-state index in [-0.39, 0.29) is 23.1 Å². The molecule has 0 bridgehead atoms. The van der Waals surface area contributed by atoms with Crippen molar-refractivity contribution < 1.29 is 18.0 Å². The van der Waals surface area contributed by atoms with E-state index >= 15 is 0 Å². The Morgan fingerprint density at radius 1 is 0.939 bits per heavy atom. The van der Waals surface area contributed by atoms with Crippen LogP contribution in [-0.2, 0) is 13.0 Å². The molecule has 5 rings (SSSR count). The molecule has 164 valence electrons. The fourth-order valence-corrected chi connectivity index (χ4v) is 4.60. The Morgan fingerprint density at radius 2 is 1.70 bits per heavy atom. The standard InChI is InChI=1S/C26H18F2N2O2S/c27-20-14-22(28)24-23(15-20)33-26(29-24)30(16-21-7-4-12-32-21)25(31)19-10-8-18(9-11-19)13-17-5-2-1-3-6-17/h1-12,14-15H,13,16H2. The lowest BCUT2D eigenvalue weighted by molar-refractivity contribution is 0.0983. The lowest BCUT2D eigenvalue weighted by Crippen LogP contribution is -2.30. The number of thiazole rings is 1. The Bertz CT molecular complexity index is 1400. The van der Waals surface area contributed by atoms with Crippen molar-refractivity contribution in [2.45, 2.75) is 13.0 Å². The Morgan fingerprint density at radius 3 is 2.42 bits per heavy atom. The molecule has 0 saturated heterocycles. The minimum Gasteiger partial charge on any atom is -0.467 e. The van der Waals surface area contributed by atoms with Gasteiger partial charge < -0.3 is 4.42 Å². The number of carbonyl (C=O) groups is 1. The zero-order chi connectivity index (χ0) is 22.8. The summed E-state index contributed by atoms with van der Waals surface area (Å²) in [6.07, 6.45) is 2.28. The van der Waals surface area contributed by atoms with Crippen LogP contribution in [0.1, 0.15) is 27.2 Å². The van der Waals surface area contributed by atoms with Crippen LogP contribution in [-0.4, -0.2) is 10.9 Å². The van der Waals surface area contributed by atoms with Crippen molar-refractivity contribution in [1.29, 1.82) is 0 Å². The summed E-state index contributed by atoms with van der Waals surface area (Å²) in [4.78, 5) is 19.2. The molecule has 0 aliphatic rings. The second-order valence-electron chi connectivity index (χ2n) is 7.56. The first-order valence-electron chi connectivity index (χ1n) is 10.3. The maximum absolute atomic E-state index is 14.2. The maximum Gasteiger partial charge on any atom is 0.260 e. The van der Waals surface area contributed by atoms with Crippen molar-refractivity contribution in [3.8, 4) is 0 Å². The topological polar surface area (TPSA) is 46.3 Å². The number of rotatable bonds is 6. The highest BCUT2D eigenvalue weighted by Gasteiger charge is 2.24. The summed E-state index contributed by atoms with van der Waals surface area (Å²) in [5.74, 6) is -1.20. The fourth-order valence-electron chi connectivity index (χ4n) is 3.60. The van der Waals surface area contributed by atoms with Gasteiger partial charge in [0.05, 0.1) is 17.5 Å². The molecule has 0 aliphatic heterocycles. The van der Waals surface area contributed by atoms with Crippen LogP contribution in [0.5, 0.6) is 0 Å². The van der Waals surface area contributed by atoms with Gasteiger partial charge in [0.2, 0.25) is 0 Å². The fraction of sp³-hybridized carbons (Fsp3) is 0.0769. The molecule has 0 saturated carbocycles. The molecule has 1 amide bonds. The van der Waals surface area contributed by atoms with Crippen LogP contribution >= 0.6 is 11.3 Å². The van der Waals surface area contributed by atoms with Crippen molar-refractivity contribution in [2.75, 3.05) is 4.90 Å². The van der Waals surface area contributed by atoms with Crippen molar-refractivity contribution in [2.24, 2.45) is 0 Å². The molecule has 7 heteroatoms. The van der Waals surface area contributed by atoms with E-state index in [0.29, 0.717) is 16.0 Å². The molecule has 0 fully saturated rings. The first-order chi connectivity index (χ1) is 16.1. The SMILES string of the molecule is O=C(c1ccc(Cc2ccccc2)cc1)N(Cc1ccco1)c1nc2c(F)cc(F)cc2s1. The van der Waals surface area contributed by atoms with Gasteiger partial charge in [0.1, 0.15) is 17.1 Å². The van der Waals surface area contributed by atoms with Crippen LogP contribution < -0.4 is 4.90 Å². The number of hydrogen-bond donors (Lipinski definition) is 0. The molecule has 0 radical (unpaired) electrons. The van der Waals surface area contributed by atoms with Crippen LogP contribution in [0.2, 0.25) is 0 Å². The molecule has 0 unspecified atom stereocenters. The van der Waals surface area contributed by atoms with Crippen LogP contribution in [0, 0.1) is 11.6 Å². The summed E-state index contributed by atoms with van der Waals surface area (Å²) >= 11 is 1.06. The number of hydrogen-bond acceptors (Lipinski definition) is 4. The van der Waals surface area contributed by atoms with Gasteiger partial charge in [0.25, 0.3) is 5.91 Å². The minimum atomic E-state index is -0.761. The number of aromatic nitrogens is 1. The average Bonchev–Trinajstić information content (AvgIpc) is 3.48. The van der Waals surface area contributed by atoms with Crippen molar-refractivity contribution in [3.05, 3.63) is 119 Å². The van der Waals surface area contributed by atoms with Crippen molar-refractivity contribution in [3.63, 3.8) is 0 Å². The van der Waals surface area contributed by atoms with Gasteiger partial charge in [-0.15, -0.1) is 0 Å². The summed E-state index contributed by atoms with van der Waals surface area (Å²) in [5, 5.41) is 0.268. The lowest BCUT2D eigenvalue weighted by Gasteiger charge is -2.19. The van der Waals surface area contributed by atoms with E-state index in [1.165, 1.54) is 22.8 Å². The van der Waals surface area contributed by atoms with E-state index < -0.39 is 11.6 Å². The third kappa shape index (κ3) is 4.54. The van der Waals surface area contributed by atoms with E-state index in [9.17, 15) is 13.6 Å². The minimum absolute atomic E-state index is 0.0341. The van der Waals surface area contributed by atoms with Crippen LogP contribution in [0.4, 0.5) is 13.9 Å². The first kappa shape index (κ1) is 21.0. The highest BCUT2D eigenvalue weighted by Crippen LogP contribution is 2.33. The van der Waals surface area contributed by atoms with E-state index in [0.717, 1.165) is 29.4 Å². The Hall–Kier alpha value is -3.84. The molecule has 0 N–H and O–H groups in total. The smallest absolute Gasteiger partial charge is 0.260 e. The van der Waals surface area contributed by atoms with Crippen LogP contribution in [0.3, 0.4) is 0 Å². The number of carbonyl (C=O) groups excluding carboxylic acids is 1. The second kappa shape index (κ2) is 8.96. The number of furan rings is 1. The first-order valence-corrected chi connectivity index (χ1v) is 11.1. The van der Waals surface area contributed by atoms with Crippen LogP contribution in [0.25, 0.3) is 10.2 Å². The van der Waals surface area contributed by atoms with E-state index in [1.54, 1.807) is 24.3 Å². The summed E-state index contributed by atoms with van der Waals surface area (Å²) in [7, 11) is 0. The summed E-state index contributed by atoms with van der Waals surface area (Å²) in [6.45, 7) is 0.113. The van der Waals surface area contributed by atoms with Crippen molar-refractivity contribution >= 4 is 32.6 Å². The quantitative estimate of drug-likeness (QED) is 0.287. The van der Waals surface area contributed by atoms with Gasteiger partial charge in [-0.25, -0.2) is 13.8 Å². The molecule has 2 heterocycles. The number of anilines is 1. The zero-order valence-electron chi connectivity index (χ0n) is 17.4. The second-order valence-corrected chi connectivity index (χ2v) is 8.57. The van der Waals surface area contributed by atoms with Gasteiger partial charge in [-0.3, -0.25) is 9.69 Å². The summed E-state index contributed by atoms with van der Waals surface area (Å²) < 4.78 is 33.7. The van der Waals surface area contributed by atoms with E-state index in [4.69, 9.17) is 4.42 Å². The van der Waals surface area contributed by atoms with Gasteiger partial charge in [-0.2, -0.15) is 0 Å². The highest BCUT2D eigenvalue weighted by molar-refractivity contribution is 7.22. The largest absolute Gasteiger partial charge is 0.467 e. The third-order valence-corrected chi connectivity index (χ3v) is 6.25. The molecular weight excluding hydrogens is 442 g/mol. The number of benzene rings is 3. The Labute approximate surface area is 192 Å². The molecule has 0 atom stereocenters. The van der Waals surface area contributed by atoms with Gasteiger partial charge in [-0.1, -0.05) is 53.8 Å². The molecule has 4 nitrogen and oxygen atoms in total. The lowest BCUT2D eigenvalue weighted by atomic mass is 10.0. The van der Waals surface area contributed by atoms with E-state index in [2.05, 4.69) is 17.1 Å². The average molecular weight is 461 g/mol. The summed E-state index contributed by atoms with van der Waals surface area (Å²) in [6, 6.07) is 22.9. The van der Waals surface area contributed by atoms with Gasteiger partial charge in [0.15, 0.2) is 10.9 Å².